The van der Waals surface area contributed by atoms with Crippen molar-refractivity contribution in [3.63, 3.8) is 0 Å². The van der Waals surface area contributed by atoms with Crippen molar-refractivity contribution >= 4 is 0 Å². The van der Waals surface area contributed by atoms with Crippen LogP contribution in [0.1, 0.15) is 38.5 Å². The Morgan fingerprint density at radius 1 is 1.25 bits per heavy atom. The first-order valence-electron chi connectivity index (χ1n) is 5.10. The highest BCUT2D eigenvalue weighted by Crippen LogP contribution is 2.42. The molecular weight excluding hydrogens is 146 g/mol. The lowest BCUT2D eigenvalue weighted by Gasteiger charge is -2.28. The molecule has 1 saturated carbocycles. The molecule has 1 heterocycles. The Morgan fingerprint density at radius 2 is 2.08 bits per heavy atom. The van der Waals surface area contributed by atoms with Crippen molar-refractivity contribution in [2.45, 2.75) is 44.1 Å². The quantitative estimate of drug-likeness (QED) is 0.582. The summed E-state index contributed by atoms with van der Waals surface area (Å²) < 4.78 is 0. The summed E-state index contributed by atoms with van der Waals surface area (Å²) in [5, 5.41) is 3.57. The van der Waals surface area contributed by atoms with Gasteiger partial charge in [-0.3, -0.25) is 0 Å². The maximum Gasteiger partial charge on any atom is 0.0826 e. The van der Waals surface area contributed by atoms with Crippen LogP contribution in [0.15, 0.2) is 0 Å². The standard InChI is InChI=1S/C11H17N/c1-2-11(10-6-7-10)8-4-3-5-9-12-11/h1,10,12H,3-9H2. The van der Waals surface area contributed by atoms with E-state index in [1.54, 1.807) is 0 Å². The fourth-order valence-corrected chi connectivity index (χ4v) is 2.27. The number of hydrogen-bond acceptors (Lipinski definition) is 1. The normalized spacial score (nSPS) is 36.9. The fourth-order valence-electron chi connectivity index (χ4n) is 2.27. The first-order chi connectivity index (χ1) is 5.87. The van der Waals surface area contributed by atoms with Crippen LogP contribution >= 0.6 is 0 Å². The molecule has 1 saturated heterocycles. The smallest absolute Gasteiger partial charge is 0.0826 e. The minimum atomic E-state index is 0.0938. The summed E-state index contributed by atoms with van der Waals surface area (Å²) in [5.41, 5.74) is 0.0938. The van der Waals surface area contributed by atoms with Crippen molar-refractivity contribution in [2.24, 2.45) is 5.92 Å². The second-order valence-corrected chi connectivity index (χ2v) is 4.13. The van der Waals surface area contributed by atoms with Gasteiger partial charge >= 0.3 is 0 Å². The van der Waals surface area contributed by atoms with Crippen LogP contribution in [-0.2, 0) is 0 Å². The predicted molar refractivity (Wildman–Crippen MR) is 50.8 cm³/mol. The van der Waals surface area contributed by atoms with Crippen LogP contribution in [0.2, 0.25) is 0 Å². The van der Waals surface area contributed by atoms with Gasteiger partial charge in [-0.05, 0) is 38.1 Å². The summed E-state index contributed by atoms with van der Waals surface area (Å²) >= 11 is 0. The molecule has 1 atom stereocenters. The largest absolute Gasteiger partial charge is 0.301 e. The molecular formula is C11H17N. The molecule has 1 nitrogen and oxygen atoms in total. The van der Waals surface area contributed by atoms with Crippen LogP contribution in [-0.4, -0.2) is 12.1 Å². The fraction of sp³-hybridized carbons (Fsp3) is 0.818. The second-order valence-electron chi connectivity index (χ2n) is 4.13. The Labute approximate surface area is 74.9 Å². The molecule has 1 N–H and O–H groups in total. The van der Waals surface area contributed by atoms with Gasteiger partial charge in [-0.25, -0.2) is 0 Å². The molecule has 0 radical (unpaired) electrons. The van der Waals surface area contributed by atoms with Gasteiger partial charge in [0, 0.05) is 0 Å². The second kappa shape index (κ2) is 3.11. The van der Waals surface area contributed by atoms with E-state index in [1.165, 1.54) is 38.5 Å². The van der Waals surface area contributed by atoms with Crippen LogP contribution in [0, 0.1) is 18.3 Å². The van der Waals surface area contributed by atoms with Gasteiger partial charge in [0.25, 0.3) is 0 Å². The SMILES string of the molecule is C#CC1(C2CC2)CCCCCN1. The summed E-state index contributed by atoms with van der Waals surface area (Å²) in [6.07, 6.45) is 13.5. The van der Waals surface area contributed by atoms with E-state index in [-0.39, 0.29) is 5.54 Å². The van der Waals surface area contributed by atoms with Gasteiger partial charge in [0.15, 0.2) is 0 Å². The van der Waals surface area contributed by atoms with E-state index < -0.39 is 0 Å². The number of terminal acetylenes is 1. The summed E-state index contributed by atoms with van der Waals surface area (Å²) in [7, 11) is 0. The van der Waals surface area contributed by atoms with Crippen molar-refractivity contribution < 1.29 is 0 Å². The molecule has 1 aliphatic heterocycles. The third-order valence-electron chi connectivity index (χ3n) is 3.22. The molecule has 0 spiro atoms. The minimum absolute atomic E-state index is 0.0938. The van der Waals surface area contributed by atoms with E-state index in [4.69, 9.17) is 6.42 Å². The summed E-state index contributed by atoms with van der Waals surface area (Å²) in [4.78, 5) is 0. The Kier molecular flexibility index (Phi) is 2.11. The molecule has 0 aromatic rings. The van der Waals surface area contributed by atoms with Crippen LogP contribution in [0.25, 0.3) is 0 Å². The topological polar surface area (TPSA) is 12.0 Å². The Hall–Kier alpha value is -0.480. The predicted octanol–water partition coefficient (Wildman–Crippen LogP) is 1.93. The molecule has 0 aromatic carbocycles. The van der Waals surface area contributed by atoms with Crippen molar-refractivity contribution in [1.29, 1.82) is 0 Å². The highest BCUT2D eigenvalue weighted by molar-refractivity contribution is 5.19. The number of rotatable bonds is 1. The number of nitrogens with one attached hydrogen (secondary N) is 1. The van der Waals surface area contributed by atoms with Gasteiger partial charge in [0.1, 0.15) is 0 Å². The lowest BCUT2D eigenvalue weighted by Crippen LogP contribution is -2.45. The Morgan fingerprint density at radius 3 is 2.75 bits per heavy atom. The van der Waals surface area contributed by atoms with E-state index in [0.717, 1.165) is 12.5 Å². The molecule has 2 rings (SSSR count). The maximum atomic E-state index is 5.64. The highest BCUT2D eigenvalue weighted by Gasteiger charge is 2.43. The summed E-state index contributed by atoms with van der Waals surface area (Å²) in [6, 6.07) is 0. The van der Waals surface area contributed by atoms with Crippen molar-refractivity contribution in [2.75, 3.05) is 6.54 Å². The lowest BCUT2D eigenvalue weighted by atomic mass is 9.89. The molecule has 1 heteroatoms. The Balaban J connectivity index is 2.08. The van der Waals surface area contributed by atoms with Gasteiger partial charge in [-0.15, -0.1) is 6.42 Å². The van der Waals surface area contributed by atoms with E-state index in [1.807, 2.05) is 0 Å². The third kappa shape index (κ3) is 1.36. The molecule has 1 unspecified atom stereocenters. The van der Waals surface area contributed by atoms with Gasteiger partial charge in [0.05, 0.1) is 5.54 Å². The monoisotopic (exact) mass is 163 g/mol. The molecule has 2 aliphatic rings. The average Bonchev–Trinajstić information content (AvgIpc) is 2.92. The summed E-state index contributed by atoms with van der Waals surface area (Å²) in [6.45, 7) is 1.13. The first kappa shape index (κ1) is 8.13. The van der Waals surface area contributed by atoms with Crippen LogP contribution in [0.4, 0.5) is 0 Å². The van der Waals surface area contributed by atoms with Crippen LogP contribution in [0.5, 0.6) is 0 Å². The van der Waals surface area contributed by atoms with Gasteiger partial charge in [-0.1, -0.05) is 18.8 Å². The third-order valence-corrected chi connectivity index (χ3v) is 3.22. The van der Waals surface area contributed by atoms with Gasteiger partial charge in [0.2, 0.25) is 0 Å². The van der Waals surface area contributed by atoms with Gasteiger partial charge in [-0.2, -0.15) is 0 Å². The zero-order valence-corrected chi connectivity index (χ0v) is 7.60. The highest BCUT2D eigenvalue weighted by atomic mass is 15.0. The Bertz CT molecular complexity index is 190. The summed E-state index contributed by atoms with van der Waals surface area (Å²) in [5.74, 6) is 3.80. The van der Waals surface area contributed by atoms with E-state index >= 15 is 0 Å². The zero-order chi connectivity index (χ0) is 8.44. The van der Waals surface area contributed by atoms with E-state index in [9.17, 15) is 0 Å². The number of hydrogen-bond donors (Lipinski definition) is 1. The van der Waals surface area contributed by atoms with Crippen LogP contribution in [0.3, 0.4) is 0 Å². The zero-order valence-electron chi connectivity index (χ0n) is 7.60. The molecule has 0 bridgehead atoms. The van der Waals surface area contributed by atoms with Gasteiger partial charge < -0.3 is 5.32 Å². The molecule has 0 aromatic heterocycles. The van der Waals surface area contributed by atoms with Crippen molar-refractivity contribution in [3.8, 4) is 12.3 Å². The first-order valence-corrected chi connectivity index (χ1v) is 5.10. The minimum Gasteiger partial charge on any atom is -0.301 e. The molecule has 66 valence electrons. The van der Waals surface area contributed by atoms with E-state index in [2.05, 4.69) is 11.2 Å². The lowest BCUT2D eigenvalue weighted by molar-refractivity contribution is 0.363. The molecule has 12 heavy (non-hydrogen) atoms. The molecule has 1 aliphatic carbocycles. The molecule has 2 fully saturated rings. The molecule has 0 amide bonds. The van der Waals surface area contributed by atoms with E-state index in [0.29, 0.717) is 0 Å². The maximum absolute atomic E-state index is 5.64. The average molecular weight is 163 g/mol. The van der Waals surface area contributed by atoms with Crippen molar-refractivity contribution in [1.82, 2.24) is 5.32 Å². The van der Waals surface area contributed by atoms with Crippen molar-refractivity contribution in [3.05, 3.63) is 0 Å². The van der Waals surface area contributed by atoms with Crippen LogP contribution < -0.4 is 5.32 Å².